The molecule has 2 aliphatic rings. The standard InChI is InChI=1S/C13H23N5S/c1-2-14-11-8-5-9-12(11)19-13-15-16-17-18(13)10-6-3-4-7-10/h10-12,14H,2-9H2,1H3. The van der Waals surface area contributed by atoms with Crippen LogP contribution in [0.1, 0.15) is 57.9 Å². The number of rotatable bonds is 5. The topological polar surface area (TPSA) is 55.6 Å². The Labute approximate surface area is 118 Å². The van der Waals surface area contributed by atoms with Gasteiger partial charge in [0.15, 0.2) is 0 Å². The van der Waals surface area contributed by atoms with Crippen LogP contribution in [0.3, 0.4) is 0 Å². The highest BCUT2D eigenvalue weighted by molar-refractivity contribution is 7.99. The molecule has 1 N–H and O–H groups in total. The van der Waals surface area contributed by atoms with Crippen LogP contribution < -0.4 is 5.32 Å². The van der Waals surface area contributed by atoms with E-state index in [4.69, 9.17) is 0 Å². The third-order valence-corrected chi connectivity index (χ3v) is 5.66. The van der Waals surface area contributed by atoms with Crippen LogP contribution in [-0.4, -0.2) is 38.0 Å². The van der Waals surface area contributed by atoms with Gasteiger partial charge in [0.2, 0.25) is 5.16 Å². The normalized spacial score (nSPS) is 28.3. The Kier molecular flexibility index (Phi) is 4.38. The smallest absolute Gasteiger partial charge is 0.209 e. The van der Waals surface area contributed by atoms with E-state index < -0.39 is 0 Å². The van der Waals surface area contributed by atoms with Gasteiger partial charge in [-0.25, -0.2) is 4.68 Å². The summed E-state index contributed by atoms with van der Waals surface area (Å²) in [7, 11) is 0. The number of nitrogens with one attached hydrogen (secondary N) is 1. The van der Waals surface area contributed by atoms with Crippen LogP contribution in [0.25, 0.3) is 0 Å². The number of thioether (sulfide) groups is 1. The van der Waals surface area contributed by atoms with E-state index in [9.17, 15) is 0 Å². The second-order valence-electron chi connectivity index (χ2n) is 5.60. The summed E-state index contributed by atoms with van der Waals surface area (Å²) in [6.07, 6.45) is 8.99. The second kappa shape index (κ2) is 6.22. The van der Waals surface area contributed by atoms with Crippen molar-refractivity contribution < 1.29 is 0 Å². The molecular weight excluding hydrogens is 258 g/mol. The van der Waals surface area contributed by atoms with E-state index in [1.165, 1.54) is 44.9 Å². The first kappa shape index (κ1) is 13.4. The lowest BCUT2D eigenvalue weighted by molar-refractivity contribution is 0.422. The molecule has 2 saturated carbocycles. The molecular formula is C13H23N5S. The minimum absolute atomic E-state index is 0.538. The van der Waals surface area contributed by atoms with Gasteiger partial charge < -0.3 is 5.32 Å². The molecule has 0 aromatic carbocycles. The van der Waals surface area contributed by atoms with Gasteiger partial charge in [0.05, 0.1) is 6.04 Å². The fourth-order valence-corrected chi connectivity index (χ4v) is 4.67. The van der Waals surface area contributed by atoms with Gasteiger partial charge in [0, 0.05) is 11.3 Å². The van der Waals surface area contributed by atoms with Gasteiger partial charge in [0.25, 0.3) is 0 Å². The van der Waals surface area contributed by atoms with Gasteiger partial charge in [-0.2, -0.15) is 0 Å². The molecule has 1 heterocycles. The molecule has 2 aliphatic carbocycles. The summed E-state index contributed by atoms with van der Waals surface area (Å²) in [6.45, 7) is 3.23. The molecule has 6 heteroatoms. The average molecular weight is 281 g/mol. The van der Waals surface area contributed by atoms with Crippen LogP contribution in [0.5, 0.6) is 0 Å². The summed E-state index contributed by atoms with van der Waals surface area (Å²) in [5.74, 6) is 0. The van der Waals surface area contributed by atoms with Crippen LogP contribution in [0.2, 0.25) is 0 Å². The predicted octanol–water partition coefficient (Wildman–Crippen LogP) is 2.41. The Bertz CT molecular complexity index is 401. The molecule has 1 aromatic rings. The molecule has 0 aliphatic heterocycles. The molecule has 0 saturated heterocycles. The van der Waals surface area contributed by atoms with Gasteiger partial charge in [0.1, 0.15) is 0 Å². The highest BCUT2D eigenvalue weighted by Gasteiger charge is 2.30. The van der Waals surface area contributed by atoms with E-state index >= 15 is 0 Å². The fourth-order valence-electron chi connectivity index (χ4n) is 3.34. The molecule has 5 nitrogen and oxygen atoms in total. The number of aromatic nitrogens is 4. The molecule has 2 fully saturated rings. The van der Waals surface area contributed by atoms with Crippen LogP contribution in [0.4, 0.5) is 0 Å². The maximum atomic E-state index is 4.26. The Hall–Kier alpha value is -0.620. The van der Waals surface area contributed by atoms with Crippen LogP contribution in [0, 0.1) is 0 Å². The summed E-state index contributed by atoms with van der Waals surface area (Å²) < 4.78 is 2.08. The van der Waals surface area contributed by atoms with Crippen molar-refractivity contribution in [1.29, 1.82) is 0 Å². The molecule has 2 atom stereocenters. The zero-order chi connectivity index (χ0) is 13.1. The van der Waals surface area contributed by atoms with E-state index in [0.717, 1.165) is 11.7 Å². The molecule has 106 valence electrons. The van der Waals surface area contributed by atoms with Crippen LogP contribution >= 0.6 is 11.8 Å². The summed E-state index contributed by atoms with van der Waals surface area (Å²) in [5.41, 5.74) is 0. The highest BCUT2D eigenvalue weighted by atomic mass is 32.2. The second-order valence-corrected chi connectivity index (χ2v) is 6.80. The van der Waals surface area contributed by atoms with E-state index in [1.54, 1.807) is 0 Å². The summed E-state index contributed by atoms with van der Waals surface area (Å²) in [6, 6.07) is 1.17. The average Bonchev–Trinajstić information content (AvgIpc) is 3.12. The van der Waals surface area contributed by atoms with Gasteiger partial charge in [-0.05, 0) is 42.7 Å². The van der Waals surface area contributed by atoms with E-state index in [-0.39, 0.29) is 0 Å². The summed E-state index contributed by atoms with van der Waals surface area (Å²) in [4.78, 5) is 0. The predicted molar refractivity (Wildman–Crippen MR) is 76.3 cm³/mol. The van der Waals surface area contributed by atoms with Gasteiger partial charge in [-0.1, -0.05) is 37.9 Å². The zero-order valence-corrected chi connectivity index (χ0v) is 12.4. The minimum Gasteiger partial charge on any atom is -0.313 e. The van der Waals surface area contributed by atoms with E-state index in [1.807, 2.05) is 11.8 Å². The number of tetrazole rings is 1. The zero-order valence-electron chi connectivity index (χ0n) is 11.6. The van der Waals surface area contributed by atoms with Crippen LogP contribution in [0.15, 0.2) is 5.16 Å². The lowest BCUT2D eigenvalue weighted by Crippen LogP contribution is -2.34. The third kappa shape index (κ3) is 2.94. The molecule has 0 amide bonds. The first-order chi connectivity index (χ1) is 9.38. The Morgan fingerprint density at radius 2 is 2.05 bits per heavy atom. The van der Waals surface area contributed by atoms with Crippen molar-refractivity contribution in [3.05, 3.63) is 0 Å². The first-order valence-corrected chi connectivity index (χ1v) is 8.44. The highest BCUT2D eigenvalue weighted by Crippen LogP contribution is 2.37. The maximum absolute atomic E-state index is 4.26. The van der Waals surface area contributed by atoms with Crippen molar-refractivity contribution in [3.63, 3.8) is 0 Å². The fraction of sp³-hybridized carbons (Fsp3) is 0.923. The van der Waals surface area contributed by atoms with Crippen molar-refractivity contribution in [3.8, 4) is 0 Å². The van der Waals surface area contributed by atoms with E-state index in [0.29, 0.717) is 17.3 Å². The molecule has 0 spiro atoms. The largest absolute Gasteiger partial charge is 0.313 e. The Morgan fingerprint density at radius 1 is 1.21 bits per heavy atom. The Morgan fingerprint density at radius 3 is 2.84 bits per heavy atom. The summed E-state index contributed by atoms with van der Waals surface area (Å²) in [5, 5.41) is 17.6. The molecule has 0 radical (unpaired) electrons. The quantitative estimate of drug-likeness (QED) is 0.898. The van der Waals surface area contributed by atoms with Crippen LogP contribution in [-0.2, 0) is 0 Å². The third-order valence-electron chi connectivity index (χ3n) is 4.31. The molecule has 19 heavy (non-hydrogen) atoms. The lowest BCUT2D eigenvalue weighted by atomic mass is 10.2. The summed E-state index contributed by atoms with van der Waals surface area (Å²) >= 11 is 1.88. The molecule has 1 aromatic heterocycles. The van der Waals surface area contributed by atoms with Gasteiger partial charge in [-0.15, -0.1) is 5.10 Å². The lowest BCUT2D eigenvalue weighted by Gasteiger charge is -2.20. The Balaban J connectivity index is 1.67. The van der Waals surface area contributed by atoms with Crippen molar-refractivity contribution in [1.82, 2.24) is 25.5 Å². The van der Waals surface area contributed by atoms with Crippen molar-refractivity contribution in [2.24, 2.45) is 0 Å². The van der Waals surface area contributed by atoms with Gasteiger partial charge in [-0.3, -0.25) is 0 Å². The minimum atomic E-state index is 0.538. The number of hydrogen-bond donors (Lipinski definition) is 1. The van der Waals surface area contributed by atoms with Crippen molar-refractivity contribution in [2.75, 3.05) is 6.54 Å². The van der Waals surface area contributed by atoms with E-state index in [2.05, 4.69) is 32.4 Å². The maximum Gasteiger partial charge on any atom is 0.209 e. The molecule has 0 bridgehead atoms. The first-order valence-electron chi connectivity index (χ1n) is 7.56. The van der Waals surface area contributed by atoms with Crippen molar-refractivity contribution in [2.45, 2.75) is 74.4 Å². The van der Waals surface area contributed by atoms with Gasteiger partial charge >= 0.3 is 0 Å². The van der Waals surface area contributed by atoms with Crippen molar-refractivity contribution >= 4 is 11.8 Å². The monoisotopic (exact) mass is 281 g/mol. The molecule has 2 unspecified atom stereocenters. The number of nitrogens with zero attached hydrogens (tertiary/aromatic N) is 4. The number of hydrogen-bond acceptors (Lipinski definition) is 5. The molecule has 3 rings (SSSR count). The SMILES string of the molecule is CCNC1CCCC1Sc1nnnn1C1CCCC1.